The van der Waals surface area contributed by atoms with E-state index in [4.69, 9.17) is 0 Å². The van der Waals surface area contributed by atoms with Crippen molar-refractivity contribution in [3.8, 4) is 0 Å². The van der Waals surface area contributed by atoms with Crippen LogP contribution in [0.15, 0.2) is 18.7 Å². The maximum atomic E-state index is 10.6. The Labute approximate surface area is 90.6 Å². The minimum atomic E-state index is -0.710. The van der Waals surface area contributed by atoms with Gasteiger partial charge in [-0.05, 0) is 31.1 Å². The molecule has 1 N–H and O–H groups in total. The fraction of sp³-hybridized carbons (Fsp3) is 0.667. The number of hydrogen-bond acceptors (Lipinski definition) is 3. The van der Waals surface area contributed by atoms with Gasteiger partial charge in [-0.25, -0.2) is 9.97 Å². The second-order valence-electron chi connectivity index (χ2n) is 5.01. The van der Waals surface area contributed by atoms with E-state index in [1.54, 1.807) is 12.4 Å². The van der Waals surface area contributed by atoms with Gasteiger partial charge in [0.2, 0.25) is 0 Å². The van der Waals surface area contributed by atoms with Crippen molar-refractivity contribution in [2.45, 2.75) is 38.7 Å². The van der Waals surface area contributed by atoms with E-state index >= 15 is 0 Å². The molecule has 1 aliphatic rings. The molecular formula is C12H18N2O. The van der Waals surface area contributed by atoms with Crippen molar-refractivity contribution in [1.29, 1.82) is 0 Å². The van der Waals surface area contributed by atoms with Crippen LogP contribution in [0.1, 0.15) is 38.7 Å². The lowest BCUT2D eigenvalue weighted by molar-refractivity contribution is -0.0368. The predicted molar refractivity (Wildman–Crippen MR) is 58.1 cm³/mol. The van der Waals surface area contributed by atoms with E-state index in [1.807, 2.05) is 0 Å². The first-order chi connectivity index (χ1) is 7.10. The second-order valence-corrected chi connectivity index (χ2v) is 5.01. The van der Waals surface area contributed by atoms with Gasteiger partial charge in [0, 0.05) is 18.0 Å². The molecule has 0 amide bonds. The van der Waals surface area contributed by atoms with E-state index in [0.717, 1.165) is 18.4 Å². The van der Waals surface area contributed by atoms with Gasteiger partial charge in [-0.1, -0.05) is 13.8 Å². The lowest BCUT2D eigenvalue weighted by Gasteiger charge is -2.38. The zero-order valence-corrected chi connectivity index (χ0v) is 9.35. The monoisotopic (exact) mass is 206 g/mol. The van der Waals surface area contributed by atoms with Crippen molar-refractivity contribution in [3.63, 3.8) is 0 Å². The molecule has 0 aromatic carbocycles. The molecule has 0 spiro atoms. The molecule has 0 radical (unpaired) electrons. The summed E-state index contributed by atoms with van der Waals surface area (Å²) in [6.07, 6.45) is 7.82. The number of aromatic nitrogens is 2. The van der Waals surface area contributed by atoms with Crippen LogP contribution in [0.3, 0.4) is 0 Å². The predicted octanol–water partition coefficient (Wildman–Crippen LogP) is 2.12. The summed E-state index contributed by atoms with van der Waals surface area (Å²) in [5.74, 6) is 1.14. The maximum absolute atomic E-state index is 10.6. The Balaban J connectivity index is 2.26. The third kappa shape index (κ3) is 2.17. The lowest BCUT2D eigenvalue weighted by Crippen LogP contribution is -2.35. The van der Waals surface area contributed by atoms with Crippen molar-refractivity contribution in [1.82, 2.24) is 9.97 Å². The van der Waals surface area contributed by atoms with E-state index in [2.05, 4.69) is 23.8 Å². The van der Waals surface area contributed by atoms with Crippen LogP contribution >= 0.6 is 0 Å². The zero-order chi connectivity index (χ0) is 10.9. The topological polar surface area (TPSA) is 46.0 Å². The average Bonchev–Trinajstić information content (AvgIpc) is 2.17. The normalized spacial score (nSPS) is 36.5. The molecule has 1 aliphatic carbocycles. The third-order valence-electron chi connectivity index (χ3n) is 3.27. The fourth-order valence-electron chi connectivity index (χ4n) is 2.86. The van der Waals surface area contributed by atoms with E-state index in [-0.39, 0.29) is 0 Å². The minimum Gasteiger partial charge on any atom is -0.385 e. The van der Waals surface area contributed by atoms with Crippen LogP contribution < -0.4 is 0 Å². The molecule has 2 rings (SSSR count). The first-order valence-corrected chi connectivity index (χ1v) is 5.58. The van der Waals surface area contributed by atoms with Crippen LogP contribution in [-0.4, -0.2) is 15.1 Å². The van der Waals surface area contributed by atoms with Gasteiger partial charge in [0.1, 0.15) is 6.33 Å². The van der Waals surface area contributed by atoms with Crippen LogP contribution in [-0.2, 0) is 5.60 Å². The summed E-state index contributed by atoms with van der Waals surface area (Å²) in [6, 6.07) is 0. The van der Waals surface area contributed by atoms with Gasteiger partial charge < -0.3 is 5.11 Å². The van der Waals surface area contributed by atoms with Gasteiger partial charge in [-0.3, -0.25) is 0 Å². The Morgan fingerprint density at radius 1 is 1.20 bits per heavy atom. The Hall–Kier alpha value is -0.960. The molecule has 1 fully saturated rings. The van der Waals surface area contributed by atoms with E-state index < -0.39 is 5.60 Å². The summed E-state index contributed by atoms with van der Waals surface area (Å²) in [5.41, 5.74) is 0.154. The SMILES string of the molecule is CC1CC(C)CC(O)(c2cncnc2)C1. The molecule has 15 heavy (non-hydrogen) atoms. The van der Waals surface area contributed by atoms with E-state index in [0.29, 0.717) is 11.8 Å². The maximum Gasteiger partial charge on any atom is 0.115 e. The summed E-state index contributed by atoms with van der Waals surface area (Å²) >= 11 is 0. The standard InChI is InChI=1S/C12H18N2O/c1-9-3-10(2)5-12(15,4-9)11-6-13-8-14-7-11/h6-10,15H,3-5H2,1-2H3. The van der Waals surface area contributed by atoms with Gasteiger partial charge in [-0.2, -0.15) is 0 Å². The third-order valence-corrected chi connectivity index (χ3v) is 3.27. The second kappa shape index (κ2) is 3.89. The minimum absolute atomic E-state index is 0.568. The largest absolute Gasteiger partial charge is 0.385 e. The highest BCUT2D eigenvalue weighted by Crippen LogP contribution is 2.41. The van der Waals surface area contributed by atoms with Crippen molar-refractivity contribution < 1.29 is 5.11 Å². The van der Waals surface area contributed by atoms with Crippen LogP contribution in [0.5, 0.6) is 0 Å². The molecule has 1 aromatic rings. The van der Waals surface area contributed by atoms with E-state index in [1.165, 1.54) is 12.7 Å². The van der Waals surface area contributed by atoms with Crippen LogP contribution in [0.4, 0.5) is 0 Å². The highest BCUT2D eigenvalue weighted by molar-refractivity contribution is 5.15. The number of nitrogens with zero attached hydrogens (tertiary/aromatic N) is 2. The fourth-order valence-corrected chi connectivity index (χ4v) is 2.86. The molecule has 3 nitrogen and oxygen atoms in total. The van der Waals surface area contributed by atoms with Gasteiger partial charge >= 0.3 is 0 Å². The molecule has 0 bridgehead atoms. The molecule has 1 saturated carbocycles. The molecule has 1 heterocycles. The summed E-state index contributed by atoms with van der Waals surface area (Å²) in [6.45, 7) is 4.40. The molecular weight excluding hydrogens is 188 g/mol. The van der Waals surface area contributed by atoms with Crippen LogP contribution in [0, 0.1) is 11.8 Å². The quantitative estimate of drug-likeness (QED) is 0.765. The van der Waals surface area contributed by atoms with Crippen molar-refractivity contribution in [3.05, 3.63) is 24.3 Å². The first-order valence-electron chi connectivity index (χ1n) is 5.58. The Morgan fingerprint density at radius 3 is 2.27 bits per heavy atom. The Kier molecular flexibility index (Phi) is 2.74. The molecule has 2 unspecified atom stereocenters. The number of rotatable bonds is 1. The van der Waals surface area contributed by atoms with Crippen LogP contribution in [0.25, 0.3) is 0 Å². The van der Waals surface area contributed by atoms with Crippen LogP contribution in [0.2, 0.25) is 0 Å². The van der Waals surface area contributed by atoms with Crippen molar-refractivity contribution >= 4 is 0 Å². The smallest absolute Gasteiger partial charge is 0.115 e. The lowest BCUT2D eigenvalue weighted by atomic mass is 9.71. The zero-order valence-electron chi connectivity index (χ0n) is 9.35. The molecule has 82 valence electrons. The van der Waals surface area contributed by atoms with Crippen molar-refractivity contribution in [2.75, 3.05) is 0 Å². The number of aliphatic hydroxyl groups is 1. The summed E-state index contributed by atoms with van der Waals surface area (Å²) in [5, 5.41) is 10.6. The molecule has 1 aromatic heterocycles. The molecule has 0 aliphatic heterocycles. The van der Waals surface area contributed by atoms with Gasteiger partial charge in [0.15, 0.2) is 0 Å². The molecule has 2 atom stereocenters. The van der Waals surface area contributed by atoms with E-state index in [9.17, 15) is 5.11 Å². The Morgan fingerprint density at radius 2 is 1.73 bits per heavy atom. The highest BCUT2D eigenvalue weighted by atomic mass is 16.3. The first kappa shape index (κ1) is 10.6. The Bertz CT molecular complexity index is 316. The molecule has 3 heteroatoms. The van der Waals surface area contributed by atoms with Gasteiger partial charge in [0.25, 0.3) is 0 Å². The highest BCUT2D eigenvalue weighted by Gasteiger charge is 2.37. The summed E-state index contributed by atoms with van der Waals surface area (Å²) in [4.78, 5) is 7.97. The summed E-state index contributed by atoms with van der Waals surface area (Å²) in [7, 11) is 0. The van der Waals surface area contributed by atoms with Gasteiger partial charge in [-0.15, -0.1) is 0 Å². The van der Waals surface area contributed by atoms with Gasteiger partial charge in [0.05, 0.1) is 5.60 Å². The molecule has 0 saturated heterocycles. The average molecular weight is 206 g/mol. The van der Waals surface area contributed by atoms with Crippen molar-refractivity contribution in [2.24, 2.45) is 11.8 Å². The summed E-state index contributed by atoms with van der Waals surface area (Å²) < 4.78 is 0. The number of hydrogen-bond donors (Lipinski definition) is 1.